The van der Waals surface area contributed by atoms with Gasteiger partial charge in [-0.2, -0.15) is 0 Å². The first-order valence-electron chi connectivity index (χ1n) is 7.49. The Hall–Kier alpha value is -2.54. The molecule has 0 amide bonds. The standard InChI is InChI=1S/C16H19N5O2/c1-20(2)12-5-8-21(10-12)16-18-7-4-13(19-16)14-9-11(15(22)23)3-6-17-14/h3-4,6-7,9,12H,5,8,10H2,1-2H3,(H,22,23)/t12-/m0/s1. The number of aromatic nitrogens is 3. The number of pyridine rings is 1. The van der Waals surface area contributed by atoms with E-state index in [0.717, 1.165) is 19.5 Å². The fourth-order valence-corrected chi connectivity index (χ4v) is 2.69. The lowest BCUT2D eigenvalue weighted by Gasteiger charge is -2.20. The number of carboxylic acids is 1. The first-order chi connectivity index (χ1) is 11.0. The Morgan fingerprint density at radius 3 is 2.74 bits per heavy atom. The molecule has 0 saturated carbocycles. The smallest absolute Gasteiger partial charge is 0.335 e. The number of likely N-dealkylation sites (N-methyl/N-ethyl adjacent to an activating group) is 1. The monoisotopic (exact) mass is 313 g/mol. The molecule has 0 radical (unpaired) electrons. The maximum atomic E-state index is 11.1. The van der Waals surface area contributed by atoms with Gasteiger partial charge in [0.15, 0.2) is 0 Å². The summed E-state index contributed by atoms with van der Waals surface area (Å²) < 4.78 is 0. The van der Waals surface area contributed by atoms with E-state index in [4.69, 9.17) is 5.11 Å². The molecule has 2 aromatic rings. The molecule has 1 aliphatic rings. The van der Waals surface area contributed by atoms with Crippen LogP contribution in [0.25, 0.3) is 11.4 Å². The maximum absolute atomic E-state index is 11.1. The predicted octanol–water partition coefficient (Wildman–Crippen LogP) is 1.38. The van der Waals surface area contributed by atoms with Crippen LogP contribution in [0.15, 0.2) is 30.6 Å². The first kappa shape index (κ1) is 15.4. The number of carbonyl (C=O) groups is 1. The molecule has 1 saturated heterocycles. The van der Waals surface area contributed by atoms with Crippen molar-refractivity contribution in [3.63, 3.8) is 0 Å². The van der Waals surface area contributed by atoms with Crippen molar-refractivity contribution in [2.24, 2.45) is 0 Å². The third kappa shape index (κ3) is 3.29. The molecule has 1 atom stereocenters. The van der Waals surface area contributed by atoms with Crippen molar-refractivity contribution >= 4 is 11.9 Å². The van der Waals surface area contributed by atoms with E-state index in [1.54, 1.807) is 12.3 Å². The minimum atomic E-state index is -0.976. The van der Waals surface area contributed by atoms with E-state index >= 15 is 0 Å². The van der Waals surface area contributed by atoms with E-state index in [0.29, 0.717) is 23.4 Å². The van der Waals surface area contributed by atoms with Gasteiger partial charge in [-0.05, 0) is 38.7 Å². The fraction of sp³-hybridized carbons (Fsp3) is 0.375. The molecule has 7 heteroatoms. The van der Waals surface area contributed by atoms with Gasteiger partial charge >= 0.3 is 5.97 Å². The van der Waals surface area contributed by atoms with Gasteiger partial charge in [0, 0.05) is 31.5 Å². The van der Waals surface area contributed by atoms with Gasteiger partial charge in [-0.25, -0.2) is 14.8 Å². The molecule has 0 spiro atoms. The molecule has 3 rings (SSSR count). The summed E-state index contributed by atoms with van der Waals surface area (Å²) in [7, 11) is 4.15. The summed E-state index contributed by atoms with van der Waals surface area (Å²) in [6.45, 7) is 1.80. The summed E-state index contributed by atoms with van der Waals surface area (Å²) in [5, 5.41) is 9.09. The van der Waals surface area contributed by atoms with Gasteiger partial charge in [-0.1, -0.05) is 0 Å². The van der Waals surface area contributed by atoms with E-state index in [9.17, 15) is 4.79 Å². The topological polar surface area (TPSA) is 82.5 Å². The quantitative estimate of drug-likeness (QED) is 0.913. The minimum Gasteiger partial charge on any atom is -0.478 e. The Bertz CT molecular complexity index is 719. The van der Waals surface area contributed by atoms with Crippen LogP contribution in [0, 0.1) is 0 Å². The van der Waals surface area contributed by atoms with Crippen LogP contribution < -0.4 is 4.90 Å². The lowest BCUT2D eigenvalue weighted by atomic mass is 10.2. The van der Waals surface area contributed by atoms with Crippen molar-refractivity contribution in [2.45, 2.75) is 12.5 Å². The number of hydrogen-bond donors (Lipinski definition) is 1. The average molecular weight is 313 g/mol. The Balaban J connectivity index is 1.86. The summed E-state index contributed by atoms with van der Waals surface area (Å²) in [6, 6.07) is 5.24. The van der Waals surface area contributed by atoms with Gasteiger partial charge < -0.3 is 14.9 Å². The van der Waals surface area contributed by atoms with Crippen molar-refractivity contribution in [3.05, 3.63) is 36.2 Å². The van der Waals surface area contributed by atoms with Gasteiger partial charge in [0.1, 0.15) is 0 Å². The number of hydrogen-bond acceptors (Lipinski definition) is 6. The molecule has 1 fully saturated rings. The van der Waals surface area contributed by atoms with Crippen LogP contribution in [-0.2, 0) is 0 Å². The highest BCUT2D eigenvalue weighted by Crippen LogP contribution is 2.22. The van der Waals surface area contributed by atoms with Crippen molar-refractivity contribution in [1.82, 2.24) is 19.9 Å². The van der Waals surface area contributed by atoms with Crippen LogP contribution in [0.3, 0.4) is 0 Å². The highest BCUT2D eigenvalue weighted by molar-refractivity contribution is 5.88. The zero-order valence-electron chi connectivity index (χ0n) is 13.2. The minimum absolute atomic E-state index is 0.198. The van der Waals surface area contributed by atoms with Gasteiger partial charge in [0.2, 0.25) is 5.95 Å². The SMILES string of the molecule is CN(C)[C@H]1CCN(c2nccc(-c3cc(C(=O)O)ccn3)n2)C1. The van der Waals surface area contributed by atoms with Crippen LogP contribution >= 0.6 is 0 Å². The molecular formula is C16H19N5O2. The number of aromatic carboxylic acids is 1. The van der Waals surface area contributed by atoms with Crippen molar-refractivity contribution in [2.75, 3.05) is 32.1 Å². The number of nitrogens with zero attached hydrogens (tertiary/aromatic N) is 5. The van der Waals surface area contributed by atoms with Gasteiger partial charge in [-0.3, -0.25) is 4.98 Å². The van der Waals surface area contributed by atoms with Crippen molar-refractivity contribution in [1.29, 1.82) is 0 Å². The zero-order valence-corrected chi connectivity index (χ0v) is 13.2. The van der Waals surface area contributed by atoms with Gasteiger partial charge in [-0.15, -0.1) is 0 Å². The maximum Gasteiger partial charge on any atom is 0.335 e. The second kappa shape index (κ2) is 6.29. The molecule has 120 valence electrons. The Labute approximate surface area is 134 Å². The third-order valence-electron chi connectivity index (χ3n) is 4.09. The molecule has 2 aromatic heterocycles. The summed E-state index contributed by atoms with van der Waals surface area (Å²) in [5.74, 6) is -0.314. The highest BCUT2D eigenvalue weighted by Gasteiger charge is 2.25. The van der Waals surface area contributed by atoms with Crippen LogP contribution in [-0.4, -0.2) is 64.2 Å². The van der Waals surface area contributed by atoms with E-state index in [1.165, 1.54) is 18.3 Å². The zero-order chi connectivity index (χ0) is 16.4. The number of anilines is 1. The molecule has 0 unspecified atom stereocenters. The Morgan fingerprint density at radius 2 is 2.04 bits per heavy atom. The van der Waals surface area contributed by atoms with E-state index in [1.807, 2.05) is 0 Å². The number of rotatable bonds is 4. The summed E-state index contributed by atoms with van der Waals surface area (Å²) in [6.07, 6.45) is 4.25. The molecule has 7 nitrogen and oxygen atoms in total. The van der Waals surface area contributed by atoms with Gasteiger partial charge in [0.05, 0.1) is 17.0 Å². The Kier molecular flexibility index (Phi) is 4.20. The highest BCUT2D eigenvalue weighted by atomic mass is 16.4. The molecule has 1 aliphatic heterocycles. The second-order valence-corrected chi connectivity index (χ2v) is 5.83. The summed E-state index contributed by atoms with van der Waals surface area (Å²) >= 11 is 0. The van der Waals surface area contributed by atoms with Crippen LogP contribution in [0.1, 0.15) is 16.8 Å². The normalized spacial score (nSPS) is 17.7. The molecule has 1 N–H and O–H groups in total. The lowest BCUT2D eigenvalue weighted by molar-refractivity contribution is 0.0697. The first-order valence-corrected chi connectivity index (χ1v) is 7.49. The second-order valence-electron chi connectivity index (χ2n) is 5.83. The Morgan fingerprint density at radius 1 is 1.26 bits per heavy atom. The average Bonchev–Trinajstić information content (AvgIpc) is 3.05. The van der Waals surface area contributed by atoms with E-state index < -0.39 is 5.97 Å². The fourth-order valence-electron chi connectivity index (χ4n) is 2.69. The van der Waals surface area contributed by atoms with Crippen LogP contribution in [0.4, 0.5) is 5.95 Å². The summed E-state index contributed by atoms with van der Waals surface area (Å²) in [4.78, 5) is 28.6. The van der Waals surface area contributed by atoms with Gasteiger partial charge in [0.25, 0.3) is 0 Å². The number of carboxylic acid groups (broad SMARTS) is 1. The van der Waals surface area contributed by atoms with Crippen molar-refractivity contribution < 1.29 is 9.90 Å². The molecule has 0 bridgehead atoms. The van der Waals surface area contributed by atoms with E-state index in [-0.39, 0.29) is 5.56 Å². The van der Waals surface area contributed by atoms with E-state index in [2.05, 4.69) is 38.8 Å². The van der Waals surface area contributed by atoms with Crippen LogP contribution in [0.5, 0.6) is 0 Å². The van der Waals surface area contributed by atoms with Crippen molar-refractivity contribution in [3.8, 4) is 11.4 Å². The lowest BCUT2D eigenvalue weighted by Crippen LogP contribution is -2.32. The largest absolute Gasteiger partial charge is 0.478 e. The molecular weight excluding hydrogens is 294 g/mol. The molecule has 0 aliphatic carbocycles. The molecule has 23 heavy (non-hydrogen) atoms. The molecule has 0 aromatic carbocycles. The summed E-state index contributed by atoms with van der Waals surface area (Å²) in [5.41, 5.74) is 1.37. The third-order valence-corrected chi connectivity index (χ3v) is 4.09. The van der Waals surface area contributed by atoms with Crippen LogP contribution in [0.2, 0.25) is 0 Å². The predicted molar refractivity (Wildman–Crippen MR) is 86.5 cm³/mol. The molecule has 3 heterocycles.